The van der Waals surface area contributed by atoms with Crippen LogP contribution in [0.2, 0.25) is 0 Å². The van der Waals surface area contributed by atoms with Crippen LogP contribution < -0.4 is 0 Å². The maximum atomic E-state index is 11.9. The fraction of sp³-hybridized carbons (Fsp3) is 0.0769. The Kier molecular flexibility index (Phi) is 3.57. The normalized spacial score (nSPS) is 17.6. The highest BCUT2D eigenvalue weighted by atomic mass is 32.2. The molecule has 0 fully saturated rings. The zero-order valence-electron chi connectivity index (χ0n) is 10.9. The Morgan fingerprint density at radius 1 is 0.864 bits per heavy atom. The minimum atomic E-state index is -4.63. The maximum absolute atomic E-state index is 11.9. The second kappa shape index (κ2) is 5.07. The molecular formula is C13H10O6S3. The average Bonchev–Trinajstić information content (AvgIpc) is 2.41. The molecule has 1 atom stereocenters. The van der Waals surface area contributed by atoms with Crippen molar-refractivity contribution in [1.29, 1.82) is 0 Å². The first-order valence-electron chi connectivity index (χ1n) is 6.03. The fourth-order valence-corrected chi connectivity index (χ4v) is 5.76. The second-order valence-corrected chi connectivity index (χ2v) is 8.65. The van der Waals surface area contributed by atoms with E-state index in [4.69, 9.17) is 0 Å². The minimum Gasteiger partial charge on any atom is -0.285 e. The summed E-state index contributed by atoms with van der Waals surface area (Å²) in [6.07, 6.45) is 0. The minimum absolute atomic E-state index is 0.129. The highest BCUT2D eigenvalue weighted by molar-refractivity contribution is 7.99. The summed E-state index contributed by atoms with van der Waals surface area (Å²) in [4.78, 5) is 0.441. The van der Waals surface area contributed by atoms with Crippen molar-refractivity contribution in [1.82, 2.24) is 0 Å². The lowest BCUT2D eigenvalue weighted by Gasteiger charge is -2.27. The van der Waals surface area contributed by atoms with E-state index in [2.05, 4.69) is 0 Å². The molecule has 0 bridgehead atoms. The van der Waals surface area contributed by atoms with Crippen LogP contribution in [-0.4, -0.2) is 25.9 Å². The number of fused-ring (bicyclic) bond motifs is 2. The van der Waals surface area contributed by atoms with Crippen molar-refractivity contribution in [2.75, 3.05) is 0 Å². The molecule has 0 aromatic heterocycles. The molecule has 0 spiro atoms. The molecule has 0 aliphatic carbocycles. The molecule has 116 valence electrons. The topological polar surface area (TPSA) is 109 Å². The molecule has 1 aliphatic heterocycles. The van der Waals surface area contributed by atoms with Gasteiger partial charge in [0.25, 0.3) is 20.2 Å². The molecule has 1 aliphatic rings. The van der Waals surface area contributed by atoms with Crippen molar-refractivity contribution in [3.63, 3.8) is 0 Å². The van der Waals surface area contributed by atoms with Gasteiger partial charge in [-0.2, -0.15) is 16.8 Å². The molecule has 22 heavy (non-hydrogen) atoms. The third-order valence-corrected chi connectivity index (χ3v) is 6.45. The average molecular weight is 358 g/mol. The van der Waals surface area contributed by atoms with Gasteiger partial charge in [-0.1, -0.05) is 36.0 Å². The fourth-order valence-electron chi connectivity index (χ4n) is 2.47. The monoisotopic (exact) mass is 358 g/mol. The van der Waals surface area contributed by atoms with Crippen LogP contribution in [0.25, 0.3) is 0 Å². The van der Waals surface area contributed by atoms with Crippen LogP contribution >= 0.6 is 11.8 Å². The van der Waals surface area contributed by atoms with Crippen molar-refractivity contribution in [2.45, 2.75) is 19.9 Å². The molecule has 6 nitrogen and oxygen atoms in total. The summed E-state index contributed by atoms with van der Waals surface area (Å²) in [6, 6.07) is 10.6. The van der Waals surface area contributed by atoms with Crippen LogP contribution in [0.3, 0.4) is 0 Å². The van der Waals surface area contributed by atoms with Gasteiger partial charge in [0, 0.05) is 15.4 Å². The number of hydrogen-bond acceptors (Lipinski definition) is 5. The molecule has 0 saturated heterocycles. The standard InChI is InChI=1S/C13H10O6S3/c14-21(15,16)11-7-3-6-10-12(11)13(22(17,18)19)8-4-1-2-5-9(8)20-10/h1-7,13H,(H,14,15,16)(H,17,18,19). The van der Waals surface area contributed by atoms with Crippen LogP contribution in [0.15, 0.2) is 57.2 Å². The van der Waals surface area contributed by atoms with Gasteiger partial charge in [0.1, 0.15) is 5.25 Å². The van der Waals surface area contributed by atoms with E-state index in [1.54, 1.807) is 24.3 Å². The van der Waals surface area contributed by atoms with Gasteiger partial charge < -0.3 is 0 Å². The van der Waals surface area contributed by atoms with Crippen molar-refractivity contribution in [2.24, 2.45) is 0 Å². The van der Waals surface area contributed by atoms with E-state index < -0.39 is 30.4 Å². The zero-order chi connectivity index (χ0) is 16.1. The van der Waals surface area contributed by atoms with Gasteiger partial charge in [-0.05, 0) is 23.8 Å². The van der Waals surface area contributed by atoms with Crippen molar-refractivity contribution < 1.29 is 25.9 Å². The van der Waals surface area contributed by atoms with Gasteiger partial charge in [-0.3, -0.25) is 9.11 Å². The Balaban J connectivity index is 2.42. The van der Waals surface area contributed by atoms with Gasteiger partial charge in [-0.25, -0.2) is 0 Å². The first kappa shape index (κ1) is 15.5. The lowest BCUT2D eigenvalue weighted by atomic mass is 10.0. The molecule has 1 heterocycles. The summed E-state index contributed by atoms with van der Waals surface area (Å²) in [5.74, 6) is 0. The van der Waals surface area contributed by atoms with Gasteiger partial charge in [0.05, 0.1) is 4.90 Å². The Morgan fingerprint density at radius 3 is 2.14 bits per heavy atom. The second-order valence-electron chi connectivity index (χ2n) is 4.68. The summed E-state index contributed by atoms with van der Waals surface area (Å²) < 4.78 is 65.8. The maximum Gasteiger partial charge on any atom is 0.294 e. The lowest BCUT2D eigenvalue weighted by Crippen LogP contribution is -2.20. The molecule has 3 rings (SSSR count). The van der Waals surface area contributed by atoms with E-state index in [-0.39, 0.29) is 11.1 Å². The van der Waals surface area contributed by atoms with E-state index in [1.807, 2.05) is 0 Å². The molecule has 2 aromatic rings. The first-order valence-corrected chi connectivity index (χ1v) is 9.79. The number of benzene rings is 2. The predicted octanol–water partition coefficient (Wildman–Crippen LogP) is 2.38. The van der Waals surface area contributed by atoms with Crippen molar-refractivity contribution in [3.8, 4) is 0 Å². The molecule has 2 N–H and O–H groups in total. The highest BCUT2D eigenvalue weighted by Crippen LogP contribution is 2.49. The van der Waals surface area contributed by atoms with Crippen LogP contribution in [0, 0.1) is 0 Å². The van der Waals surface area contributed by atoms with Gasteiger partial charge in [0.15, 0.2) is 0 Å². The third-order valence-electron chi connectivity index (χ3n) is 3.29. The third kappa shape index (κ3) is 2.55. The SMILES string of the molecule is O=S(=O)(O)c1cccc2c1C(S(=O)(=O)O)c1ccccc1S2. The van der Waals surface area contributed by atoms with E-state index >= 15 is 0 Å². The van der Waals surface area contributed by atoms with E-state index in [1.165, 1.54) is 23.9 Å². The van der Waals surface area contributed by atoms with E-state index in [9.17, 15) is 25.9 Å². The Morgan fingerprint density at radius 2 is 1.50 bits per heavy atom. The Hall–Kier alpha value is -1.39. The quantitative estimate of drug-likeness (QED) is 0.793. The Labute approximate surface area is 131 Å². The molecule has 0 saturated carbocycles. The van der Waals surface area contributed by atoms with Gasteiger partial charge >= 0.3 is 0 Å². The van der Waals surface area contributed by atoms with Crippen LogP contribution in [0.4, 0.5) is 0 Å². The van der Waals surface area contributed by atoms with Crippen molar-refractivity contribution in [3.05, 3.63) is 53.6 Å². The smallest absolute Gasteiger partial charge is 0.285 e. The summed E-state index contributed by atoms with van der Waals surface area (Å²) in [5, 5.41) is -1.56. The zero-order valence-corrected chi connectivity index (χ0v) is 13.3. The van der Waals surface area contributed by atoms with Crippen LogP contribution in [-0.2, 0) is 20.2 Å². The summed E-state index contributed by atoms with van der Waals surface area (Å²) in [6.45, 7) is 0. The molecule has 0 radical (unpaired) electrons. The summed E-state index contributed by atoms with van der Waals surface area (Å²) in [7, 11) is -9.25. The largest absolute Gasteiger partial charge is 0.294 e. The molecule has 9 heteroatoms. The molecule has 2 aromatic carbocycles. The lowest BCUT2D eigenvalue weighted by molar-refractivity contribution is 0.471. The van der Waals surface area contributed by atoms with Crippen LogP contribution in [0.1, 0.15) is 16.4 Å². The molecule has 1 unspecified atom stereocenters. The summed E-state index contributed by atoms with van der Waals surface area (Å²) in [5.41, 5.74) is 0.148. The highest BCUT2D eigenvalue weighted by Gasteiger charge is 2.38. The van der Waals surface area contributed by atoms with Crippen molar-refractivity contribution >= 4 is 32.0 Å². The van der Waals surface area contributed by atoms with E-state index in [0.717, 1.165) is 6.07 Å². The summed E-state index contributed by atoms with van der Waals surface area (Å²) >= 11 is 1.18. The molecule has 0 amide bonds. The van der Waals surface area contributed by atoms with E-state index in [0.29, 0.717) is 9.79 Å². The van der Waals surface area contributed by atoms with Crippen LogP contribution in [0.5, 0.6) is 0 Å². The predicted molar refractivity (Wildman–Crippen MR) is 80.2 cm³/mol. The van der Waals surface area contributed by atoms with Gasteiger partial charge in [0.2, 0.25) is 0 Å². The number of hydrogen-bond donors (Lipinski definition) is 2. The first-order chi connectivity index (χ1) is 10.2. The van der Waals surface area contributed by atoms with Gasteiger partial charge in [-0.15, -0.1) is 0 Å². The molecular weight excluding hydrogens is 348 g/mol. The number of rotatable bonds is 2. The Bertz CT molecular complexity index is 963.